The molecule has 1 fully saturated rings. The number of nitrogens with zero attached hydrogens (tertiary/aromatic N) is 1. The van der Waals surface area contributed by atoms with Gasteiger partial charge in [0, 0.05) is 6.54 Å². The summed E-state index contributed by atoms with van der Waals surface area (Å²) in [4.78, 5) is 0. The van der Waals surface area contributed by atoms with E-state index < -0.39 is 0 Å². The van der Waals surface area contributed by atoms with E-state index in [0.29, 0.717) is 11.5 Å². The van der Waals surface area contributed by atoms with Crippen molar-refractivity contribution in [3.63, 3.8) is 0 Å². The van der Waals surface area contributed by atoms with Gasteiger partial charge in [-0.2, -0.15) is 5.26 Å². The highest BCUT2D eigenvalue weighted by molar-refractivity contribution is 5.41. The van der Waals surface area contributed by atoms with E-state index in [-0.39, 0.29) is 6.10 Å². The molecule has 3 heteroatoms. The lowest BCUT2D eigenvalue weighted by Gasteiger charge is -2.30. The molecule has 1 aliphatic heterocycles. The topological polar surface area (TPSA) is 45.0 Å². The Morgan fingerprint density at radius 2 is 2.29 bits per heavy atom. The van der Waals surface area contributed by atoms with E-state index >= 15 is 0 Å². The molecule has 1 N–H and O–H groups in total. The Morgan fingerprint density at radius 1 is 1.47 bits per heavy atom. The van der Waals surface area contributed by atoms with Crippen LogP contribution < -0.4 is 10.1 Å². The molecule has 0 aromatic heterocycles. The van der Waals surface area contributed by atoms with E-state index in [1.807, 2.05) is 25.1 Å². The van der Waals surface area contributed by atoms with Gasteiger partial charge < -0.3 is 10.1 Å². The first-order chi connectivity index (χ1) is 8.20. The molecule has 0 radical (unpaired) electrons. The van der Waals surface area contributed by atoms with Gasteiger partial charge in [0.15, 0.2) is 0 Å². The summed E-state index contributed by atoms with van der Waals surface area (Å²) in [6, 6.07) is 7.82. The van der Waals surface area contributed by atoms with Crippen LogP contribution in [0.25, 0.3) is 0 Å². The summed E-state index contributed by atoms with van der Waals surface area (Å²) in [5.41, 5.74) is 1.69. The van der Waals surface area contributed by atoms with Gasteiger partial charge in [0.05, 0.1) is 11.6 Å². The zero-order chi connectivity index (χ0) is 12.3. The molecule has 1 aromatic carbocycles. The van der Waals surface area contributed by atoms with Crippen LogP contribution in [0.4, 0.5) is 0 Å². The number of hydrogen-bond donors (Lipinski definition) is 1. The molecular formula is C14H18N2O. The third kappa shape index (κ3) is 2.78. The fourth-order valence-corrected chi connectivity index (χ4v) is 2.13. The Labute approximate surface area is 102 Å². The Morgan fingerprint density at radius 3 is 2.94 bits per heavy atom. The molecule has 0 bridgehead atoms. The number of nitrogens with one attached hydrogen (secondary N) is 1. The second-order valence-corrected chi connectivity index (χ2v) is 4.71. The van der Waals surface area contributed by atoms with Crippen LogP contribution in [-0.4, -0.2) is 19.2 Å². The first kappa shape index (κ1) is 11.9. The minimum Gasteiger partial charge on any atom is -0.489 e. The van der Waals surface area contributed by atoms with Gasteiger partial charge in [0.1, 0.15) is 11.9 Å². The molecule has 90 valence electrons. The van der Waals surface area contributed by atoms with Crippen LogP contribution in [0.2, 0.25) is 0 Å². The second-order valence-electron chi connectivity index (χ2n) is 4.71. The minimum atomic E-state index is 0.232. The smallest absolute Gasteiger partial charge is 0.120 e. The molecule has 2 unspecified atom stereocenters. The predicted octanol–water partition coefficient (Wildman–Crippen LogP) is 2.24. The number of ether oxygens (including phenoxy) is 1. The van der Waals surface area contributed by atoms with Crippen molar-refractivity contribution in [1.29, 1.82) is 5.26 Å². The summed E-state index contributed by atoms with van der Waals surface area (Å²) < 4.78 is 5.98. The maximum absolute atomic E-state index is 8.87. The Balaban J connectivity index is 2.08. The van der Waals surface area contributed by atoms with Crippen molar-refractivity contribution >= 4 is 0 Å². The quantitative estimate of drug-likeness (QED) is 0.847. The largest absolute Gasteiger partial charge is 0.489 e. The first-order valence-corrected chi connectivity index (χ1v) is 6.09. The van der Waals surface area contributed by atoms with Gasteiger partial charge in [-0.05, 0) is 49.6 Å². The Hall–Kier alpha value is -1.53. The van der Waals surface area contributed by atoms with E-state index in [9.17, 15) is 0 Å². The van der Waals surface area contributed by atoms with Crippen LogP contribution in [0.5, 0.6) is 5.75 Å². The van der Waals surface area contributed by atoms with Gasteiger partial charge in [-0.25, -0.2) is 0 Å². The Kier molecular flexibility index (Phi) is 3.65. The molecule has 1 saturated heterocycles. The van der Waals surface area contributed by atoms with Crippen molar-refractivity contribution in [1.82, 2.24) is 5.32 Å². The van der Waals surface area contributed by atoms with E-state index in [0.717, 1.165) is 30.8 Å². The van der Waals surface area contributed by atoms with E-state index in [2.05, 4.69) is 18.3 Å². The van der Waals surface area contributed by atoms with Gasteiger partial charge in [-0.3, -0.25) is 0 Å². The number of rotatable bonds is 2. The molecule has 1 heterocycles. The number of nitriles is 1. The highest BCUT2D eigenvalue weighted by Crippen LogP contribution is 2.22. The zero-order valence-electron chi connectivity index (χ0n) is 10.4. The summed E-state index contributed by atoms with van der Waals surface area (Å²) in [5.74, 6) is 1.44. The van der Waals surface area contributed by atoms with Gasteiger partial charge >= 0.3 is 0 Å². The van der Waals surface area contributed by atoms with Gasteiger partial charge in [-0.1, -0.05) is 6.92 Å². The van der Waals surface area contributed by atoms with Gasteiger partial charge in [0.25, 0.3) is 0 Å². The van der Waals surface area contributed by atoms with E-state index in [1.165, 1.54) is 0 Å². The molecule has 0 amide bonds. The highest BCUT2D eigenvalue weighted by Gasteiger charge is 2.22. The average Bonchev–Trinajstić information content (AvgIpc) is 2.32. The molecule has 3 nitrogen and oxygen atoms in total. The van der Waals surface area contributed by atoms with Crippen LogP contribution in [0.3, 0.4) is 0 Å². The summed E-state index contributed by atoms with van der Waals surface area (Å²) in [6.45, 7) is 6.14. The van der Waals surface area contributed by atoms with Crippen molar-refractivity contribution in [2.75, 3.05) is 13.1 Å². The lowest BCUT2D eigenvalue weighted by Crippen LogP contribution is -2.42. The fourth-order valence-electron chi connectivity index (χ4n) is 2.13. The van der Waals surface area contributed by atoms with Crippen LogP contribution in [-0.2, 0) is 0 Å². The number of piperidine rings is 1. The van der Waals surface area contributed by atoms with Crippen molar-refractivity contribution in [2.45, 2.75) is 26.4 Å². The minimum absolute atomic E-state index is 0.232. The average molecular weight is 230 g/mol. The maximum Gasteiger partial charge on any atom is 0.120 e. The number of hydrogen-bond acceptors (Lipinski definition) is 3. The highest BCUT2D eigenvalue weighted by atomic mass is 16.5. The first-order valence-electron chi connectivity index (χ1n) is 6.09. The molecule has 1 aromatic rings. The van der Waals surface area contributed by atoms with Crippen LogP contribution in [0.1, 0.15) is 24.5 Å². The molecule has 17 heavy (non-hydrogen) atoms. The van der Waals surface area contributed by atoms with E-state index in [4.69, 9.17) is 10.00 Å². The van der Waals surface area contributed by atoms with E-state index in [1.54, 1.807) is 0 Å². The summed E-state index contributed by atoms with van der Waals surface area (Å²) in [6.07, 6.45) is 1.39. The van der Waals surface area contributed by atoms with Crippen LogP contribution >= 0.6 is 0 Å². The van der Waals surface area contributed by atoms with Crippen LogP contribution in [0.15, 0.2) is 18.2 Å². The monoisotopic (exact) mass is 230 g/mol. The van der Waals surface area contributed by atoms with Crippen molar-refractivity contribution in [3.05, 3.63) is 29.3 Å². The normalized spacial score (nSPS) is 24.1. The molecule has 0 spiro atoms. The number of aryl methyl sites for hydroxylation is 1. The summed E-state index contributed by atoms with van der Waals surface area (Å²) >= 11 is 0. The predicted molar refractivity (Wildman–Crippen MR) is 67.0 cm³/mol. The Bertz CT molecular complexity index is 436. The van der Waals surface area contributed by atoms with Crippen molar-refractivity contribution < 1.29 is 4.74 Å². The molecular weight excluding hydrogens is 212 g/mol. The molecule has 1 aliphatic rings. The molecule has 2 atom stereocenters. The van der Waals surface area contributed by atoms with Crippen molar-refractivity contribution in [3.8, 4) is 11.8 Å². The maximum atomic E-state index is 8.87. The lowest BCUT2D eigenvalue weighted by atomic mass is 9.97. The summed E-state index contributed by atoms with van der Waals surface area (Å²) in [7, 11) is 0. The molecule has 2 rings (SSSR count). The van der Waals surface area contributed by atoms with Gasteiger partial charge in [0.2, 0.25) is 0 Å². The fraction of sp³-hybridized carbons (Fsp3) is 0.500. The second kappa shape index (κ2) is 5.20. The van der Waals surface area contributed by atoms with Crippen molar-refractivity contribution in [2.24, 2.45) is 5.92 Å². The summed E-state index contributed by atoms with van der Waals surface area (Å²) in [5, 5.41) is 12.2. The van der Waals surface area contributed by atoms with Gasteiger partial charge in [-0.15, -0.1) is 0 Å². The lowest BCUT2D eigenvalue weighted by molar-refractivity contribution is 0.115. The number of benzene rings is 1. The zero-order valence-corrected chi connectivity index (χ0v) is 10.4. The third-order valence-electron chi connectivity index (χ3n) is 3.36. The van der Waals surface area contributed by atoms with Crippen LogP contribution in [0, 0.1) is 24.2 Å². The molecule has 0 saturated carbocycles. The third-order valence-corrected chi connectivity index (χ3v) is 3.36. The SMILES string of the molecule is Cc1cc(OC2CNCCC2C)ccc1C#N. The standard InChI is InChI=1S/C14H18N2O/c1-10-5-6-16-9-14(10)17-13-4-3-12(8-15)11(2)7-13/h3-4,7,10,14,16H,5-6,9H2,1-2H3. The molecule has 0 aliphatic carbocycles.